The number of piperidine rings is 1. The van der Waals surface area contributed by atoms with Gasteiger partial charge in [-0.3, -0.25) is 14.4 Å². The van der Waals surface area contributed by atoms with Gasteiger partial charge in [-0.2, -0.15) is 0 Å². The molecule has 0 bridgehead atoms. The fraction of sp³-hybridized carbons (Fsp3) is 0.808. The topological polar surface area (TPSA) is 78.5 Å². The molecule has 2 amide bonds. The zero-order valence-corrected chi connectivity index (χ0v) is 20.8. The SMILES string of the molecule is C=CCNC(=O)C(=O)C(CCC)C1N(C(=O)C(NC)C2CCCCC2)CCCC1(C)CC. The number of amides is 2. The lowest BCUT2D eigenvalue weighted by molar-refractivity contribution is -0.152. The van der Waals surface area contributed by atoms with E-state index in [1.54, 1.807) is 6.08 Å². The first kappa shape index (κ1) is 26.6. The van der Waals surface area contributed by atoms with Gasteiger partial charge in [0.2, 0.25) is 11.7 Å². The van der Waals surface area contributed by atoms with Crippen LogP contribution >= 0.6 is 0 Å². The van der Waals surface area contributed by atoms with Crippen molar-refractivity contribution in [3.05, 3.63) is 12.7 Å². The zero-order valence-electron chi connectivity index (χ0n) is 20.8. The van der Waals surface area contributed by atoms with Crippen molar-refractivity contribution in [3.8, 4) is 0 Å². The summed E-state index contributed by atoms with van der Waals surface area (Å²) >= 11 is 0. The van der Waals surface area contributed by atoms with E-state index in [1.807, 2.05) is 18.9 Å². The normalized spacial score (nSPS) is 26.2. The van der Waals surface area contributed by atoms with Gasteiger partial charge in [-0.15, -0.1) is 6.58 Å². The molecule has 0 aromatic rings. The van der Waals surface area contributed by atoms with Gasteiger partial charge in [0.15, 0.2) is 0 Å². The van der Waals surface area contributed by atoms with Gasteiger partial charge in [-0.1, -0.05) is 52.5 Å². The molecular formula is C26H45N3O3. The predicted molar refractivity (Wildman–Crippen MR) is 129 cm³/mol. The Morgan fingerprint density at radius 1 is 1.16 bits per heavy atom. The highest BCUT2D eigenvalue weighted by Crippen LogP contribution is 2.44. The number of ketones is 1. The van der Waals surface area contributed by atoms with E-state index in [-0.39, 0.29) is 30.0 Å². The van der Waals surface area contributed by atoms with Gasteiger partial charge < -0.3 is 15.5 Å². The lowest BCUT2D eigenvalue weighted by atomic mass is 9.65. The van der Waals surface area contributed by atoms with E-state index in [2.05, 4.69) is 31.1 Å². The molecule has 1 heterocycles. The molecule has 2 N–H and O–H groups in total. The Balaban J connectivity index is 2.40. The summed E-state index contributed by atoms with van der Waals surface area (Å²) in [4.78, 5) is 41.9. The van der Waals surface area contributed by atoms with Gasteiger partial charge in [-0.05, 0) is 56.9 Å². The van der Waals surface area contributed by atoms with E-state index in [0.717, 1.165) is 38.5 Å². The van der Waals surface area contributed by atoms with Crippen LogP contribution in [0.25, 0.3) is 0 Å². The average Bonchev–Trinajstić information content (AvgIpc) is 2.81. The lowest BCUT2D eigenvalue weighted by Gasteiger charge is -2.52. The number of likely N-dealkylation sites (N-methyl/N-ethyl adjacent to an activating group) is 1. The minimum atomic E-state index is -0.558. The maximum Gasteiger partial charge on any atom is 0.287 e. The van der Waals surface area contributed by atoms with E-state index in [9.17, 15) is 14.4 Å². The first-order chi connectivity index (χ1) is 15.3. The molecule has 6 heteroatoms. The van der Waals surface area contributed by atoms with Crippen molar-refractivity contribution in [2.45, 2.75) is 97.1 Å². The minimum absolute atomic E-state index is 0.115. The Morgan fingerprint density at radius 3 is 2.41 bits per heavy atom. The molecule has 1 saturated heterocycles. The highest BCUT2D eigenvalue weighted by Gasteiger charge is 2.50. The second-order valence-corrected chi connectivity index (χ2v) is 10.0. The van der Waals surface area contributed by atoms with E-state index in [0.29, 0.717) is 18.9 Å². The summed E-state index contributed by atoms with van der Waals surface area (Å²) in [5.74, 6) is -0.978. The van der Waals surface area contributed by atoms with E-state index < -0.39 is 17.6 Å². The molecular weight excluding hydrogens is 402 g/mol. The second-order valence-electron chi connectivity index (χ2n) is 10.0. The maximum atomic E-state index is 14.0. The number of rotatable bonds is 11. The summed E-state index contributed by atoms with van der Waals surface area (Å²) in [6.45, 7) is 10.9. The summed E-state index contributed by atoms with van der Waals surface area (Å²) in [5, 5.41) is 5.98. The van der Waals surface area contributed by atoms with Crippen LogP contribution in [-0.2, 0) is 14.4 Å². The van der Waals surface area contributed by atoms with E-state index >= 15 is 0 Å². The molecule has 32 heavy (non-hydrogen) atoms. The average molecular weight is 448 g/mol. The summed E-state index contributed by atoms with van der Waals surface area (Å²) in [6.07, 6.45) is 11.5. The van der Waals surface area contributed by atoms with Gasteiger partial charge in [0.05, 0.1) is 6.04 Å². The Hall–Kier alpha value is -1.69. The van der Waals surface area contributed by atoms with Crippen molar-refractivity contribution in [2.24, 2.45) is 17.3 Å². The molecule has 4 atom stereocenters. The Labute approximate surface area is 195 Å². The second kappa shape index (κ2) is 12.5. The number of carbonyl (C=O) groups is 3. The monoisotopic (exact) mass is 447 g/mol. The Bertz CT molecular complexity index is 659. The van der Waals surface area contributed by atoms with Crippen LogP contribution in [0.4, 0.5) is 0 Å². The quantitative estimate of drug-likeness (QED) is 0.372. The van der Waals surface area contributed by atoms with Crippen LogP contribution in [0.15, 0.2) is 12.7 Å². The first-order valence-corrected chi connectivity index (χ1v) is 12.7. The van der Waals surface area contributed by atoms with Crippen molar-refractivity contribution >= 4 is 17.6 Å². The minimum Gasteiger partial charge on any atom is -0.346 e. The standard InChI is InChI=1S/C26H45N3O3/c1-6-13-20(22(30)24(31)28-17-7-2)23-26(4,8-3)16-12-18-29(23)25(32)21(27-5)19-14-10-9-11-15-19/h7,19-21,23,27H,2,6,8-18H2,1,3-5H3,(H,28,31). The van der Waals surface area contributed by atoms with Crippen molar-refractivity contribution in [2.75, 3.05) is 20.1 Å². The molecule has 0 radical (unpaired) electrons. The fourth-order valence-electron chi connectivity index (χ4n) is 6.02. The molecule has 2 fully saturated rings. The van der Waals surface area contributed by atoms with Crippen LogP contribution in [0.1, 0.15) is 85.0 Å². The lowest BCUT2D eigenvalue weighted by Crippen LogP contribution is -2.63. The molecule has 2 aliphatic rings. The van der Waals surface area contributed by atoms with Gasteiger partial charge in [0, 0.05) is 25.0 Å². The first-order valence-electron chi connectivity index (χ1n) is 12.7. The number of Topliss-reactive ketones (excluding diaryl/α,β-unsaturated/α-hetero) is 1. The zero-order chi connectivity index (χ0) is 23.7. The van der Waals surface area contributed by atoms with Crippen molar-refractivity contribution < 1.29 is 14.4 Å². The summed E-state index contributed by atoms with van der Waals surface area (Å²) in [6, 6.07) is -0.473. The summed E-state index contributed by atoms with van der Waals surface area (Å²) < 4.78 is 0. The van der Waals surface area contributed by atoms with E-state index in [1.165, 1.54) is 19.3 Å². The molecule has 182 valence electrons. The third-order valence-electron chi connectivity index (χ3n) is 7.93. The molecule has 2 rings (SSSR count). The number of carbonyl (C=O) groups excluding carboxylic acids is 3. The van der Waals surface area contributed by atoms with Gasteiger partial charge in [-0.25, -0.2) is 0 Å². The van der Waals surface area contributed by atoms with Gasteiger partial charge in [0.1, 0.15) is 0 Å². The molecule has 0 aromatic carbocycles. The molecule has 1 aliphatic carbocycles. The summed E-state index contributed by atoms with van der Waals surface area (Å²) in [7, 11) is 1.88. The van der Waals surface area contributed by atoms with Crippen molar-refractivity contribution in [3.63, 3.8) is 0 Å². The van der Waals surface area contributed by atoms with Crippen LogP contribution in [0, 0.1) is 17.3 Å². The van der Waals surface area contributed by atoms with Crippen LogP contribution in [-0.4, -0.2) is 54.7 Å². The Morgan fingerprint density at radius 2 is 1.84 bits per heavy atom. The maximum absolute atomic E-state index is 14.0. The number of hydrogen-bond acceptors (Lipinski definition) is 4. The number of nitrogens with zero attached hydrogens (tertiary/aromatic N) is 1. The highest BCUT2D eigenvalue weighted by molar-refractivity contribution is 6.37. The molecule has 0 spiro atoms. The van der Waals surface area contributed by atoms with Crippen molar-refractivity contribution in [1.29, 1.82) is 0 Å². The summed E-state index contributed by atoms with van der Waals surface area (Å²) in [5.41, 5.74) is -0.188. The van der Waals surface area contributed by atoms with Crippen LogP contribution in [0.5, 0.6) is 0 Å². The number of likely N-dealkylation sites (tertiary alicyclic amines) is 1. The molecule has 1 saturated carbocycles. The van der Waals surface area contributed by atoms with Gasteiger partial charge in [0.25, 0.3) is 5.91 Å². The number of nitrogens with one attached hydrogen (secondary N) is 2. The molecule has 6 nitrogen and oxygen atoms in total. The number of hydrogen-bond donors (Lipinski definition) is 2. The van der Waals surface area contributed by atoms with E-state index in [4.69, 9.17) is 0 Å². The largest absolute Gasteiger partial charge is 0.346 e. The highest BCUT2D eigenvalue weighted by atomic mass is 16.2. The molecule has 4 unspecified atom stereocenters. The smallest absolute Gasteiger partial charge is 0.287 e. The van der Waals surface area contributed by atoms with Gasteiger partial charge >= 0.3 is 0 Å². The predicted octanol–water partition coefficient (Wildman–Crippen LogP) is 3.85. The van der Waals surface area contributed by atoms with Crippen LogP contribution in [0.3, 0.4) is 0 Å². The fourth-order valence-corrected chi connectivity index (χ4v) is 6.02. The third-order valence-corrected chi connectivity index (χ3v) is 7.93. The van der Waals surface area contributed by atoms with Crippen molar-refractivity contribution in [1.82, 2.24) is 15.5 Å². The van der Waals surface area contributed by atoms with Crippen LogP contribution in [0.2, 0.25) is 0 Å². The molecule has 0 aromatic heterocycles. The molecule has 1 aliphatic heterocycles. The third kappa shape index (κ3) is 6.00. The Kier molecular flexibility index (Phi) is 10.4. The van der Waals surface area contributed by atoms with Crippen LogP contribution < -0.4 is 10.6 Å².